The zero-order valence-electron chi connectivity index (χ0n) is 16.1. The lowest BCUT2D eigenvalue weighted by atomic mass is 9.98. The van der Waals surface area contributed by atoms with Gasteiger partial charge in [0.2, 0.25) is 21.8 Å². The van der Waals surface area contributed by atoms with Gasteiger partial charge in [-0.2, -0.15) is 4.31 Å². The molecule has 0 aromatic heterocycles. The van der Waals surface area contributed by atoms with Crippen LogP contribution in [0, 0.1) is 5.92 Å². The molecule has 0 unspecified atom stereocenters. The largest absolute Gasteiger partial charge is 0.395 e. The Morgan fingerprint density at radius 3 is 2.54 bits per heavy atom. The minimum Gasteiger partial charge on any atom is -0.395 e. The number of piperidine rings is 1. The first-order valence-electron chi connectivity index (χ1n) is 9.61. The van der Waals surface area contributed by atoms with Crippen LogP contribution in [0.3, 0.4) is 0 Å². The van der Waals surface area contributed by atoms with Crippen molar-refractivity contribution in [1.82, 2.24) is 9.21 Å². The number of hydrogen-bond acceptors (Lipinski definition) is 5. The molecule has 1 atom stereocenters. The van der Waals surface area contributed by atoms with Crippen LogP contribution >= 0.6 is 0 Å². The highest BCUT2D eigenvalue weighted by atomic mass is 32.2. The van der Waals surface area contributed by atoms with Crippen LogP contribution in [-0.2, 0) is 19.6 Å². The van der Waals surface area contributed by atoms with Crippen LogP contribution < -0.4 is 4.90 Å². The Bertz CT molecular complexity index is 824. The molecule has 8 nitrogen and oxygen atoms in total. The monoisotopic (exact) mass is 409 g/mol. The van der Waals surface area contributed by atoms with E-state index in [2.05, 4.69) is 0 Å². The Labute approximate surface area is 165 Å². The number of aliphatic hydroxyl groups is 1. The van der Waals surface area contributed by atoms with Crippen LogP contribution in [0.15, 0.2) is 29.2 Å². The van der Waals surface area contributed by atoms with Gasteiger partial charge in [-0.05, 0) is 43.5 Å². The summed E-state index contributed by atoms with van der Waals surface area (Å²) < 4.78 is 27.4. The summed E-state index contributed by atoms with van der Waals surface area (Å²) >= 11 is 0. The molecule has 2 heterocycles. The standard InChI is InChI=1S/C19H27N3O5S/c1-20(12-13-23)19(25)15-4-2-10-21(14-15)28(26,27)17-8-6-16(7-9-17)22-11-3-5-18(22)24/h6-9,15,23H,2-5,10-14H2,1H3/t15-/m1/s1. The van der Waals surface area contributed by atoms with Gasteiger partial charge in [0.05, 0.1) is 17.4 Å². The van der Waals surface area contributed by atoms with E-state index in [-0.39, 0.29) is 36.4 Å². The van der Waals surface area contributed by atoms with Crippen molar-refractivity contribution in [3.8, 4) is 0 Å². The summed E-state index contributed by atoms with van der Waals surface area (Å²) in [5.74, 6) is -0.488. The lowest BCUT2D eigenvalue weighted by Crippen LogP contribution is -2.46. The van der Waals surface area contributed by atoms with E-state index >= 15 is 0 Å². The molecule has 1 aromatic carbocycles. The topological polar surface area (TPSA) is 98.2 Å². The minimum absolute atomic E-state index is 0.0555. The van der Waals surface area contributed by atoms with Gasteiger partial charge < -0.3 is 14.9 Å². The molecule has 1 N–H and O–H groups in total. The van der Waals surface area contributed by atoms with Gasteiger partial charge >= 0.3 is 0 Å². The number of likely N-dealkylation sites (N-methyl/N-ethyl adjacent to an activating group) is 1. The molecule has 2 aliphatic heterocycles. The second kappa shape index (κ2) is 8.59. The summed E-state index contributed by atoms with van der Waals surface area (Å²) in [6, 6.07) is 6.38. The Morgan fingerprint density at radius 1 is 1.21 bits per heavy atom. The van der Waals surface area contributed by atoms with Crippen molar-refractivity contribution in [2.45, 2.75) is 30.6 Å². The zero-order valence-corrected chi connectivity index (χ0v) is 16.9. The highest BCUT2D eigenvalue weighted by molar-refractivity contribution is 7.89. The lowest BCUT2D eigenvalue weighted by molar-refractivity contribution is -0.135. The number of nitrogens with zero attached hydrogens (tertiary/aromatic N) is 3. The Hall–Kier alpha value is -1.97. The molecule has 154 valence electrons. The van der Waals surface area contributed by atoms with Crippen LogP contribution in [-0.4, -0.2) is 74.4 Å². The number of sulfonamides is 1. The molecular formula is C19H27N3O5S. The number of rotatable bonds is 6. The fourth-order valence-corrected chi connectivity index (χ4v) is 5.33. The molecule has 2 saturated heterocycles. The first-order chi connectivity index (χ1) is 13.3. The van der Waals surface area contributed by atoms with Crippen LogP contribution in [0.4, 0.5) is 5.69 Å². The van der Waals surface area contributed by atoms with Gasteiger partial charge in [0.1, 0.15) is 0 Å². The van der Waals surface area contributed by atoms with Gasteiger partial charge in [0.25, 0.3) is 0 Å². The predicted molar refractivity (Wildman–Crippen MR) is 104 cm³/mol. The summed E-state index contributed by atoms with van der Waals surface area (Å²) in [6.45, 7) is 1.29. The summed E-state index contributed by atoms with van der Waals surface area (Å²) in [5.41, 5.74) is 0.707. The summed E-state index contributed by atoms with van der Waals surface area (Å²) in [5, 5.41) is 9.01. The van der Waals surface area contributed by atoms with Gasteiger partial charge in [-0.3, -0.25) is 9.59 Å². The Morgan fingerprint density at radius 2 is 1.93 bits per heavy atom. The molecule has 0 radical (unpaired) electrons. The van der Waals surface area contributed by atoms with E-state index < -0.39 is 15.9 Å². The lowest BCUT2D eigenvalue weighted by Gasteiger charge is -2.33. The maximum absolute atomic E-state index is 13.0. The van der Waals surface area contributed by atoms with Crippen LogP contribution in [0.5, 0.6) is 0 Å². The predicted octanol–water partition coefficient (Wildman–Crippen LogP) is 0.665. The van der Waals surface area contributed by atoms with E-state index in [1.54, 1.807) is 24.1 Å². The number of hydrogen-bond donors (Lipinski definition) is 1. The normalized spacial score (nSPS) is 21.1. The van der Waals surface area contributed by atoms with Crippen LogP contribution in [0.1, 0.15) is 25.7 Å². The minimum atomic E-state index is -3.71. The van der Waals surface area contributed by atoms with Crippen LogP contribution in [0.2, 0.25) is 0 Å². The SMILES string of the molecule is CN(CCO)C(=O)[C@@H]1CCCN(S(=O)(=O)c2ccc(N3CCCC3=O)cc2)C1. The summed E-state index contributed by atoms with van der Waals surface area (Å²) in [4.78, 5) is 27.6. The number of amides is 2. The van der Waals surface area contributed by atoms with Crippen molar-refractivity contribution < 1.29 is 23.1 Å². The molecule has 9 heteroatoms. The molecule has 0 spiro atoms. The number of aliphatic hydroxyl groups excluding tert-OH is 1. The van der Waals surface area contributed by atoms with E-state index in [9.17, 15) is 18.0 Å². The third kappa shape index (κ3) is 4.21. The van der Waals surface area contributed by atoms with E-state index in [4.69, 9.17) is 5.11 Å². The summed E-state index contributed by atoms with van der Waals surface area (Å²) in [7, 11) is -2.10. The zero-order chi connectivity index (χ0) is 20.3. The Kier molecular flexibility index (Phi) is 6.36. The first kappa shape index (κ1) is 20.8. The molecule has 0 saturated carbocycles. The molecule has 1 aromatic rings. The number of anilines is 1. The van der Waals surface area contributed by atoms with Gasteiger partial charge in [0.15, 0.2) is 0 Å². The van der Waals surface area contributed by atoms with Gasteiger partial charge in [-0.25, -0.2) is 8.42 Å². The Balaban J connectivity index is 1.73. The molecule has 2 fully saturated rings. The number of carbonyl (C=O) groups excluding carboxylic acids is 2. The third-order valence-corrected chi connectivity index (χ3v) is 7.28. The molecule has 2 aliphatic rings. The average Bonchev–Trinajstić information content (AvgIpc) is 3.13. The van der Waals surface area contributed by atoms with E-state index in [0.29, 0.717) is 38.0 Å². The van der Waals surface area contributed by atoms with Crippen molar-refractivity contribution in [3.05, 3.63) is 24.3 Å². The molecule has 3 rings (SSSR count). The highest BCUT2D eigenvalue weighted by Crippen LogP contribution is 2.27. The molecule has 0 aliphatic carbocycles. The maximum Gasteiger partial charge on any atom is 0.243 e. The fourth-order valence-electron chi connectivity index (χ4n) is 3.80. The molecule has 2 amide bonds. The van der Waals surface area contributed by atoms with Crippen molar-refractivity contribution in [2.75, 3.05) is 44.7 Å². The van der Waals surface area contributed by atoms with Crippen molar-refractivity contribution in [3.63, 3.8) is 0 Å². The maximum atomic E-state index is 13.0. The van der Waals surface area contributed by atoms with Crippen molar-refractivity contribution in [1.29, 1.82) is 0 Å². The quantitative estimate of drug-likeness (QED) is 0.745. The second-order valence-electron chi connectivity index (χ2n) is 7.33. The fraction of sp³-hybridized carbons (Fsp3) is 0.579. The van der Waals surface area contributed by atoms with Gasteiger partial charge in [0, 0.05) is 45.3 Å². The molecule has 0 bridgehead atoms. The smallest absolute Gasteiger partial charge is 0.243 e. The number of benzene rings is 1. The van der Waals surface area contributed by atoms with Crippen molar-refractivity contribution in [2.24, 2.45) is 5.92 Å². The first-order valence-corrected chi connectivity index (χ1v) is 11.0. The van der Waals surface area contributed by atoms with Crippen molar-refractivity contribution >= 4 is 27.5 Å². The third-order valence-electron chi connectivity index (χ3n) is 5.40. The van der Waals surface area contributed by atoms with E-state index in [0.717, 1.165) is 6.42 Å². The van der Waals surface area contributed by atoms with Crippen LogP contribution in [0.25, 0.3) is 0 Å². The number of carbonyl (C=O) groups is 2. The molecule has 28 heavy (non-hydrogen) atoms. The average molecular weight is 410 g/mol. The second-order valence-corrected chi connectivity index (χ2v) is 9.27. The summed E-state index contributed by atoms with van der Waals surface area (Å²) in [6.07, 6.45) is 2.58. The van der Waals surface area contributed by atoms with Gasteiger partial charge in [-0.1, -0.05) is 0 Å². The molecular weight excluding hydrogens is 382 g/mol. The highest BCUT2D eigenvalue weighted by Gasteiger charge is 2.34. The van der Waals surface area contributed by atoms with E-state index in [1.165, 1.54) is 21.3 Å². The van der Waals surface area contributed by atoms with E-state index in [1.807, 2.05) is 0 Å². The van der Waals surface area contributed by atoms with Gasteiger partial charge in [-0.15, -0.1) is 0 Å².